The number of hydrogen-bond donors (Lipinski definition) is 2. The van der Waals surface area contributed by atoms with Crippen molar-refractivity contribution in [2.75, 3.05) is 13.7 Å². The van der Waals surface area contributed by atoms with Gasteiger partial charge in [-0.05, 0) is 24.5 Å². The van der Waals surface area contributed by atoms with Crippen molar-refractivity contribution in [1.29, 1.82) is 0 Å². The fourth-order valence-electron chi connectivity index (χ4n) is 1.86. The van der Waals surface area contributed by atoms with Crippen molar-refractivity contribution < 1.29 is 19.0 Å². The third-order valence-electron chi connectivity index (χ3n) is 2.74. The lowest BCUT2D eigenvalue weighted by Gasteiger charge is -2.18. The zero-order chi connectivity index (χ0) is 14.4. The van der Waals surface area contributed by atoms with Crippen LogP contribution >= 0.6 is 0 Å². The smallest absolute Gasteiger partial charge is 0.254 e. The van der Waals surface area contributed by atoms with Crippen molar-refractivity contribution in [3.05, 3.63) is 29.6 Å². The highest BCUT2D eigenvalue weighted by molar-refractivity contribution is 5.95. The summed E-state index contributed by atoms with van der Waals surface area (Å²) >= 11 is 0. The quantitative estimate of drug-likeness (QED) is 0.830. The summed E-state index contributed by atoms with van der Waals surface area (Å²) in [5, 5.41) is 11.8. The summed E-state index contributed by atoms with van der Waals surface area (Å²) in [4.78, 5) is 12.0. The van der Waals surface area contributed by atoms with E-state index in [2.05, 4.69) is 5.32 Å². The Labute approximate surface area is 112 Å². The van der Waals surface area contributed by atoms with Gasteiger partial charge in [-0.25, -0.2) is 4.39 Å². The van der Waals surface area contributed by atoms with Crippen LogP contribution in [0.1, 0.15) is 30.6 Å². The first kappa shape index (κ1) is 15.4. The fourth-order valence-corrected chi connectivity index (χ4v) is 1.86. The van der Waals surface area contributed by atoms with Crippen molar-refractivity contribution in [3.63, 3.8) is 0 Å². The lowest BCUT2D eigenvalue weighted by Crippen LogP contribution is -2.38. The number of carbonyl (C=O) groups excluding carboxylic acids is 1. The monoisotopic (exact) mass is 269 g/mol. The Kier molecular flexibility index (Phi) is 5.76. The van der Waals surface area contributed by atoms with Crippen LogP contribution in [0.25, 0.3) is 0 Å². The Balaban J connectivity index is 2.83. The molecule has 0 saturated heterocycles. The molecule has 0 aromatic heterocycles. The average molecular weight is 269 g/mol. The van der Waals surface area contributed by atoms with Crippen LogP contribution in [0.3, 0.4) is 0 Å². The Hall–Kier alpha value is -1.62. The highest BCUT2D eigenvalue weighted by atomic mass is 19.1. The standard InChI is InChI=1S/C14H20FNO3/c1-9(2)7-10(8-17)16-14(18)11-5-4-6-12(19-3)13(11)15/h4-6,9-10,17H,7-8H2,1-3H3,(H,16,18). The van der Waals surface area contributed by atoms with Gasteiger partial charge in [0.2, 0.25) is 0 Å². The number of nitrogens with one attached hydrogen (secondary N) is 1. The summed E-state index contributed by atoms with van der Waals surface area (Å²) in [6.07, 6.45) is 0.633. The van der Waals surface area contributed by atoms with Crippen molar-refractivity contribution in [3.8, 4) is 5.75 Å². The topological polar surface area (TPSA) is 58.6 Å². The summed E-state index contributed by atoms with van der Waals surface area (Å²) in [7, 11) is 1.34. The van der Waals surface area contributed by atoms with E-state index in [4.69, 9.17) is 4.74 Å². The number of aliphatic hydroxyl groups is 1. The van der Waals surface area contributed by atoms with Crippen molar-refractivity contribution in [1.82, 2.24) is 5.32 Å². The highest BCUT2D eigenvalue weighted by Gasteiger charge is 2.19. The summed E-state index contributed by atoms with van der Waals surface area (Å²) in [6, 6.07) is 4.01. The average Bonchev–Trinajstić information content (AvgIpc) is 2.37. The molecule has 1 aromatic rings. The number of amides is 1. The number of ether oxygens (including phenoxy) is 1. The summed E-state index contributed by atoms with van der Waals surface area (Å²) < 4.78 is 18.7. The summed E-state index contributed by atoms with van der Waals surface area (Å²) in [6.45, 7) is 3.80. The van der Waals surface area contributed by atoms with E-state index in [-0.39, 0.29) is 24.0 Å². The van der Waals surface area contributed by atoms with Gasteiger partial charge >= 0.3 is 0 Å². The predicted octanol–water partition coefficient (Wildman–Crippen LogP) is 1.97. The number of benzene rings is 1. The van der Waals surface area contributed by atoms with E-state index in [0.29, 0.717) is 12.3 Å². The lowest BCUT2D eigenvalue weighted by atomic mass is 10.0. The van der Waals surface area contributed by atoms with Gasteiger partial charge < -0.3 is 15.2 Å². The van der Waals surface area contributed by atoms with Crippen LogP contribution in [-0.4, -0.2) is 30.8 Å². The van der Waals surface area contributed by atoms with Crippen LogP contribution in [0.4, 0.5) is 4.39 Å². The highest BCUT2D eigenvalue weighted by Crippen LogP contribution is 2.20. The Bertz CT molecular complexity index is 435. The molecule has 1 unspecified atom stereocenters. The molecule has 0 saturated carbocycles. The minimum Gasteiger partial charge on any atom is -0.494 e. The van der Waals surface area contributed by atoms with Crippen LogP contribution in [-0.2, 0) is 0 Å². The van der Waals surface area contributed by atoms with Crippen molar-refractivity contribution >= 4 is 5.91 Å². The molecule has 0 aliphatic heterocycles. The molecule has 5 heteroatoms. The molecule has 0 aliphatic carbocycles. The van der Waals surface area contributed by atoms with Crippen molar-refractivity contribution in [2.24, 2.45) is 5.92 Å². The van der Waals surface area contributed by atoms with Gasteiger partial charge in [-0.2, -0.15) is 0 Å². The number of carbonyl (C=O) groups is 1. The molecule has 0 bridgehead atoms. The first-order valence-electron chi connectivity index (χ1n) is 6.23. The normalized spacial score (nSPS) is 12.3. The first-order valence-corrected chi connectivity index (χ1v) is 6.23. The minimum atomic E-state index is -0.691. The third kappa shape index (κ3) is 4.21. The molecule has 106 valence electrons. The number of halogens is 1. The second kappa shape index (κ2) is 7.09. The maximum Gasteiger partial charge on any atom is 0.254 e. The number of methoxy groups -OCH3 is 1. The van der Waals surface area contributed by atoms with E-state index in [1.54, 1.807) is 6.07 Å². The van der Waals surface area contributed by atoms with Crippen LogP contribution < -0.4 is 10.1 Å². The molecular weight excluding hydrogens is 249 g/mol. The predicted molar refractivity (Wildman–Crippen MR) is 70.7 cm³/mol. The van der Waals surface area contributed by atoms with E-state index >= 15 is 0 Å². The van der Waals surface area contributed by atoms with Gasteiger partial charge in [0.25, 0.3) is 5.91 Å². The van der Waals surface area contributed by atoms with Gasteiger partial charge in [0.1, 0.15) is 0 Å². The minimum absolute atomic E-state index is 0.0251. The van der Waals surface area contributed by atoms with Gasteiger partial charge in [-0.1, -0.05) is 19.9 Å². The summed E-state index contributed by atoms with van der Waals surface area (Å²) in [5.41, 5.74) is -0.0819. The van der Waals surface area contributed by atoms with Crippen LogP contribution in [0.2, 0.25) is 0 Å². The molecule has 1 amide bonds. The zero-order valence-electron chi connectivity index (χ0n) is 11.4. The molecule has 0 fully saturated rings. The maximum atomic E-state index is 13.9. The second-order valence-corrected chi connectivity index (χ2v) is 4.80. The largest absolute Gasteiger partial charge is 0.494 e. The Morgan fingerprint density at radius 1 is 1.47 bits per heavy atom. The summed E-state index contributed by atoms with van der Waals surface area (Å²) in [5.74, 6) is -0.885. The molecule has 0 spiro atoms. The molecular formula is C14H20FNO3. The van der Waals surface area contributed by atoms with E-state index in [0.717, 1.165) is 0 Å². The van der Waals surface area contributed by atoms with E-state index in [1.165, 1.54) is 19.2 Å². The van der Waals surface area contributed by atoms with Gasteiger partial charge in [0.15, 0.2) is 11.6 Å². The Morgan fingerprint density at radius 2 is 2.16 bits per heavy atom. The SMILES string of the molecule is COc1cccc(C(=O)NC(CO)CC(C)C)c1F. The second-order valence-electron chi connectivity index (χ2n) is 4.80. The van der Waals surface area contributed by atoms with Crippen LogP contribution in [0.5, 0.6) is 5.75 Å². The lowest BCUT2D eigenvalue weighted by molar-refractivity contribution is 0.0903. The van der Waals surface area contributed by atoms with E-state index in [9.17, 15) is 14.3 Å². The fraction of sp³-hybridized carbons (Fsp3) is 0.500. The molecule has 0 aliphatic rings. The molecule has 1 aromatic carbocycles. The van der Waals surface area contributed by atoms with Gasteiger partial charge in [-0.15, -0.1) is 0 Å². The molecule has 19 heavy (non-hydrogen) atoms. The zero-order valence-corrected chi connectivity index (χ0v) is 11.4. The maximum absolute atomic E-state index is 13.9. The van der Waals surface area contributed by atoms with Crippen LogP contribution in [0.15, 0.2) is 18.2 Å². The molecule has 0 heterocycles. The third-order valence-corrected chi connectivity index (χ3v) is 2.74. The number of hydrogen-bond acceptors (Lipinski definition) is 3. The number of aliphatic hydroxyl groups excluding tert-OH is 1. The molecule has 1 atom stereocenters. The molecule has 1 rings (SSSR count). The molecule has 2 N–H and O–H groups in total. The number of rotatable bonds is 6. The van der Waals surface area contributed by atoms with Crippen LogP contribution in [0, 0.1) is 11.7 Å². The van der Waals surface area contributed by atoms with Gasteiger partial charge in [-0.3, -0.25) is 4.79 Å². The van der Waals surface area contributed by atoms with Crippen molar-refractivity contribution in [2.45, 2.75) is 26.3 Å². The van der Waals surface area contributed by atoms with Gasteiger partial charge in [0.05, 0.1) is 25.3 Å². The Morgan fingerprint density at radius 3 is 2.68 bits per heavy atom. The van der Waals surface area contributed by atoms with Gasteiger partial charge in [0, 0.05) is 0 Å². The molecule has 4 nitrogen and oxygen atoms in total. The first-order chi connectivity index (χ1) is 8.99. The molecule has 0 radical (unpaired) electrons. The van der Waals surface area contributed by atoms with E-state index < -0.39 is 11.7 Å². The van der Waals surface area contributed by atoms with E-state index in [1.807, 2.05) is 13.8 Å².